The molecule has 5 nitrogen and oxygen atoms in total. The fraction of sp³-hybridized carbons (Fsp3) is 0.192. The van der Waals surface area contributed by atoms with E-state index in [4.69, 9.17) is 9.84 Å². The van der Waals surface area contributed by atoms with Crippen molar-refractivity contribution in [3.8, 4) is 0 Å². The van der Waals surface area contributed by atoms with E-state index in [2.05, 4.69) is 53.3 Å². The van der Waals surface area contributed by atoms with Crippen LogP contribution in [-0.4, -0.2) is 26.8 Å². The van der Waals surface area contributed by atoms with E-state index in [1.165, 1.54) is 0 Å². The average molecular weight is 411 g/mol. The largest absolute Gasteiger partial charge is 0.366 e. The first-order chi connectivity index (χ1) is 15.1. The number of rotatable bonds is 8. The number of aromatic nitrogens is 4. The molecule has 0 aliphatic rings. The van der Waals surface area contributed by atoms with Gasteiger partial charge < -0.3 is 4.74 Å². The second-order valence-corrected chi connectivity index (χ2v) is 7.66. The molecule has 0 fully saturated rings. The molecule has 0 bridgehead atoms. The minimum Gasteiger partial charge on any atom is -0.366 e. The lowest BCUT2D eigenvalue weighted by Gasteiger charge is -2.34. The lowest BCUT2D eigenvalue weighted by molar-refractivity contribution is 0.0769. The van der Waals surface area contributed by atoms with Gasteiger partial charge in [-0.2, -0.15) is 0 Å². The third-order valence-corrected chi connectivity index (χ3v) is 5.25. The van der Waals surface area contributed by atoms with Gasteiger partial charge in [0.05, 0.1) is 6.61 Å². The van der Waals surface area contributed by atoms with Gasteiger partial charge >= 0.3 is 0 Å². The van der Waals surface area contributed by atoms with Gasteiger partial charge in [-0.05, 0) is 35.8 Å². The van der Waals surface area contributed by atoms with Crippen molar-refractivity contribution in [2.75, 3.05) is 6.61 Å². The fourth-order valence-corrected chi connectivity index (χ4v) is 3.76. The van der Waals surface area contributed by atoms with Crippen LogP contribution in [0.3, 0.4) is 0 Å². The zero-order valence-corrected chi connectivity index (χ0v) is 17.8. The molecule has 0 aliphatic carbocycles. The molecule has 0 aliphatic heterocycles. The summed E-state index contributed by atoms with van der Waals surface area (Å²) in [6.07, 6.45) is -0.300. The number of ether oxygens (including phenoxy) is 1. The van der Waals surface area contributed by atoms with Crippen LogP contribution in [0.5, 0.6) is 0 Å². The topological polar surface area (TPSA) is 52.8 Å². The van der Waals surface area contributed by atoms with Crippen LogP contribution in [0.25, 0.3) is 0 Å². The zero-order chi connectivity index (χ0) is 21.7. The Morgan fingerprint density at radius 1 is 0.871 bits per heavy atom. The molecule has 0 radical (unpaired) electrons. The van der Waals surface area contributed by atoms with Gasteiger partial charge in [0.25, 0.3) is 0 Å². The van der Waals surface area contributed by atoms with Gasteiger partial charge in [0.15, 0.2) is 5.54 Å². The molecule has 4 aromatic rings. The molecule has 31 heavy (non-hydrogen) atoms. The van der Waals surface area contributed by atoms with Crippen LogP contribution in [0.15, 0.2) is 103 Å². The van der Waals surface area contributed by atoms with Crippen LogP contribution >= 0.6 is 0 Å². The van der Waals surface area contributed by atoms with E-state index in [1.54, 1.807) is 4.80 Å². The Balaban J connectivity index is 1.93. The van der Waals surface area contributed by atoms with Crippen molar-refractivity contribution in [2.24, 2.45) is 0 Å². The number of hydrogen-bond donors (Lipinski definition) is 0. The lowest BCUT2D eigenvalue weighted by Crippen LogP contribution is -2.39. The summed E-state index contributed by atoms with van der Waals surface area (Å²) in [5, 5.41) is 13.7. The maximum absolute atomic E-state index is 5.85. The van der Waals surface area contributed by atoms with Gasteiger partial charge in [-0.25, -0.2) is 0 Å². The molecule has 1 aromatic heterocycles. The van der Waals surface area contributed by atoms with Crippen LogP contribution in [0.4, 0.5) is 0 Å². The highest BCUT2D eigenvalue weighted by atomic mass is 16.5. The van der Waals surface area contributed by atoms with Crippen LogP contribution < -0.4 is 0 Å². The summed E-state index contributed by atoms with van der Waals surface area (Å²) in [7, 11) is 0. The predicted molar refractivity (Wildman–Crippen MR) is 122 cm³/mol. The van der Waals surface area contributed by atoms with Crippen LogP contribution in [-0.2, 0) is 10.3 Å². The lowest BCUT2D eigenvalue weighted by atomic mass is 9.77. The number of hydrogen-bond acceptors (Lipinski definition) is 4. The molecule has 1 atom stereocenters. The molecule has 3 aromatic carbocycles. The summed E-state index contributed by atoms with van der Waals surface area (Å²) in [6.45, 7) is 8.22. The summed E-state index contributed by atoms with van der Waals surface area (Å²) in [6, 6.07) is 30.8. The molecular weight excluding hydrogens is 384 g/mol. The Labute approximate surface area is 183 Å². The molecule has 0 amide bonds. The van der Waals surface area contributed by atoms with Gasteiger partial charge in [-0.1, -0.05) is 103 Å². The van der Waals surface area contributed by atoms with Crippen LogP contribution in [0, 0.1) is 0 Å². The molecule has 0 saturated carbocycles. The smallest absolute Gasteiger partial charge is 0.203 e. The first kappa shape index (κ1) is 20.7. The molecule has 1 unspecified atom stereocenters. The zero-order valence-electron chi connectivity index (χ0n) is 17.8. The molecule has 4 rings (SSSR count). The van der Waals surface area contributed by atoms with E-state index in [0.717, 1.165) is 22.3 Å². The monoisotopic (exact) mass is 410 g/mol. The van der Waals surface area contributed by atoms with E-state index >= 15 is 0 Å². The van der Waals surface area contributed by atoms with Crippen molar-refractivity contribution in [1.82, 2.24) is 20.2 Å². The minimum absolute atomic E-state index is 0.300. The standard InChI is InChI=1S/C26H26N4O/c1-20(2)19-31-21(3)25-27-29-30(28-25)26(22-13-7-4-8-14-22,23-15-9-5-10-16-23)24-17-11-6-12-18-24/h4-18,21H,1,19H2,2-3H3. The SMILES string of the molecule is C=C(C)COC(C)c1nnn(C(c2ccccc2)(c2ccccc2)c2ccccc2)n1. The van der Waals surface area contributed by atoms with Gasteiger partial charge in [-0.15, -0.1) is 15.0 Å². The first-order valence-corrected chi connectivity index (χ1v) is 10.4. The van der Waals surface area contributed by atoms with Gasteiger partial charge in [0.1, 0.15) is 6.10 Å². The molecule has 5 heteroatoms. The van der Waals surface area contributed by atoms with Crippen molar-refractivity contribution in [3.63, 3.8) is 0 Å². The Hall–Kier alpha value is -3.57. The van der Waals surface area contributed by atoms with Crippen LogP contribution in [0.1, 0.15) is 42.5 Å². The molecule has 0 spiro atoms. The Bertz CT molecular complexity index is 1030. The van der Waals surface area contributed by atoms with E-state index in [9.17, 15) is 0 Å². The quantitative estimate of drug-likeness (QED) is 0.297. The first-order valence-electron chi connectivity index (χ1n) is 10.4. The Morgan fingerprint density at radius 2 is 1.32 bits per heavy atom. The van der Waals surface area contributed by atoms with E-state index < -0.39 is 5.54 Å². The highest BCUT2D eigenvalue weighted by Gasteiger charge is 2.41. The summed E-state index contributed by atoms with van der Waals surface area (Å²) in [4.78, 5) is 1.71. The van der Waals surface area contributed by atoms with Crippen molar-refractivity contribution in [2.45, 2.75) is 25.5 Å². The van der Waals surface area contributed by atoms with Crippen molar-refractivity contribution in [3.05, 3.63) is 126 Å². The maximum atomic E-state index is 5.85. The third kappa shape index (κ3) is 4.05. The minimum atomic E-state index is -0.775. The molecule has 1 heterocycles. The van der Waals surface area contributed by atoms with Gasteiger partial charge in [0.2, 0.25) is 5.82 Å². The predicted octanol–water partition coefficient (Wildman–Crippen LogP) is 5.17. The molecule has 0 saturated heterocycles. The number of benzene rings is 3. The van der Waals surface area contributed by atoms with E-state index in [0.29, 0.717) is 12.4 Å². The second-order valence-electron chi connectivity index (χ2n) is 7.66. The normalized spacial score (nSPS) is 12.5. The highest BCUT2D eigenvalue weighted by Crippen LogP contribution is 2.39. The maximum Gasteiger partial charge on any atom is 0.203 e. The third-order valence-electron chi connectivity index (χ3n) is 5.25. The summed E-state index contributed by atoms with van der Waals surface area (Å²) < 4.78 is 5.85. The average Bonchev–Trinajstić information content (AvgIpc) is 3.31. The fourth-order valence-electron chi connectivity index (χ4n) is 3.76. The van der Waals surface area contributed by atoms with Crippen molar-refractivity contribution in [1.29, 1.82) is 0 Å². The summed E-state index contributed by atoms with van der Waals surface area (Å²) in [5.74, 6) is 0.536. The van der Waals surface area contributed by atoms with Crippen molar-refractivity contribution < 1.29 is 4.74 Å². The van der Waals surface area contributed by atoms with Gasteiger partial charge in [0, 0.05) is 0 Å². The molecule has 0 N–H and O–H groups in total. The van der Waals surface area contributed by atoms with E-state index in [-0.39, 0.29) is 6.10 Å². The summed E-state index contributed by atoms with van der Waals surface area (Å²) >= 11 is 0. The van der Waals surface area contributed by atoms with Gasteiger partial charge in [-0.3, -0.25) is 0 Å². The molecule has 156 valence electrons. The Kier molecular flexibility index (Phi) is 6.05. The van der Waals surface area contributed by atoms with Crippen molar-refractivity contribution >= 4 is 0 Å². The van der Waals surface area contributed by atoms with Crippen LogP contribution in [0.2, 0.25) is 0 Å². The molecular formula is C26H26N4O. The highest BCUT2D eigenvalue weighted by molar-refractivity contribution is 5.49. The second kappa shape index (κ2) is 9.06. The summed E-state index contributed by atoms with van der Waals surface area (Å²) in [5.41, 5.74) is 3.32. The Morgan fingerprint density at radius 3 is 1.74 bits per heavy atom. The van der Waals surface area contributed by atoms with E-state index in [1.807, 2.05) is 68.4 Å². The number of nitrogens with zero attached hydrogens (tertiary/aromatic N) is 4. The number of tetrazole rings is 1.